The van der Waals surface area contributed by atoms with Gasteiger partial charge in [-0.1, -0.05) is 25.4 Å². The van der Waals surface area contributed by atoms with Gasteiger partial charge in [0.15, 0.2) is 0 Å². The lowest BCUT2D eigenvalue weighted by Gasteiger charge is -2.35. The molecule has 1 fully saturated rings. The highest BCUT2D eigenvalue weighted by Gasteiger charge is 2.34. The van der Waals surface area contributed by atoms with E-state index in [0.29, 0.717) is 29.5 Å². The number of aliphatic hydroxyl groups is 1. The SMILES string of the molecule is CC(C)c1nn(C)c(Cl)c1C(=O)N1CC(O)C1. The lowest BCUT2D eigenvalue weighted by molar-refractivity contribution is 0.00580. The number of β-amino-alcohol motifs (C(OH)–C–C–N with tert-alkyl or cyclic N) is 1. The molecule has 17 heavy (non-hydrogen) atoms. The lowest BCUT2D eigenvalue weighted by atomic mass is 10.0. The van der Waals surface area contributed by atoms with Gasteiger partial charge in [0.05, 0.1) is 17.4 Å². The van der Waals surface area contributed by atoms with Crippen molar-refractivity contribution in [1.82, 2.24) is 14.7 Å². The van der Waals surface area contributed by atoms with Gasteiger partial charge in [0, 0.05) is 20.1 Å². The van der Waals surface area contributed by atoms with E-state index in [1.807, 2.05) is 13.8 Å². The van der Waals surface area contributed by atoms with Crippen LogP contribution >= 0.6 is 11.6 Å². The van der Waals surface area contributed by atoms with Crippen LogP contribution in [-0.2, 0) is 7.05 Å². The van der Waals surface area contributed by atoms with E-state index < -0.39 is 6.10 Å². The molecule has 5 nitrogen and oxygen atoms in total. The quantitative estimate of drug-likeness (QED) is 0.860. The number of aliphatic hydroxyl groups excluding tert-OH is 1. The number of nitrogens with zero attached hydrogens (tertiary/aromatic N) is 3. The van der Waals surface area contributed by atoms with Crippen LogP contribution in [0.5, 0.6) is 0 Å². The minimum absolute atomic E-state index is 0.138. The van der Waals surface area contributed by atoms with Gasteiger partial charge in [0.2, 0.25) is 0 Å². The molecule has 2 rings (SSSR count). The van der Waals surface area contributed by atoms with Crippen molar-refractivity contribution >= 4 is 17.5 Å². The first-order valence-corrected chi connectivity index (χ1v) is 5.99. The molecular weight excluding hydrogens is 242 g/mol. The first-order chi connectivity index (χ1) is 7.91. The van der Waals surface area contributed by atoms with E-state index in [-0.39, 0.29) is 11.8 Å². The van der Waals surface area contributed by atoms with Crippen LogP contribution in [0.25, 0.3) is 0 Å². The number of hydrogen-bond acceptors (Lipinski definition) is 3. The second kappa shape index (κ2) is 4.31. The van der Waals surface area contributed by atoms with Gasteiger partial charge in [-0.05, 0) is 5.92 Å². The van der Waals surface area contributed by atoms with Gasteiger partial charge in [-0.25, -0.2) is 0 Å². The highest BCUT2D eigenvalue weighted by molar-refractivity contribution is 6.33. The second-order valence-electron chi connectivity index (χ2n) is 4.69. The van der Waals surface area contributed by atoms with Gasteiger partial charge in [0.25, 0.3) is 5.91 Å². The van der Waals surface area contributed by atoms with E-state index in [4.69, 9.17) is 11.6 Å². The summed E-state index contributed by atoms with van der Waals surface area (Å²) in [5.41, 5.74) is 1.18. The number of carbonyl (C=O) groups is 1. The Kier molecular flexibility index (Phi) is 3.14. The first-order valence-electron chi connectivity index (χ1n) is 5.61. The number of halogens is 1. The van der Waals surface area contributed by atoms with E-state index >= 15 is 0 Å². The Morgan fingerprint density at radius 3 is 2.59 bits per heavy atom. The fraction of sp³-hybridized carbons (Fsp3) is 0.636. The minimum atomic E-state index is -0.406. The normalized spacial score (nSPS) is 16.5. The van der Waals surface area contributed by atoms with Crippen LogP contribution in [-0.4, -0.2) is 44.9 Å². The summed E-state index contributed by atoms with van der Waals surface area (Å²) < 4.78 is 1.51. The van der Waals surface area contributed by atoms with Gasteiger partial charge in [-0.15, -0.1) is 0 Å². The largest absolute Gasteiger partial charge is 0.389 e. The number of hydrogen-bond donors (Lipinski definition) is 1. The van der Waals surface area contributed by atoms with Crippen LogP contribution in [0.1, 0.15) is 35.8 Å². The van der Waals surface area contributed by atoms with Crippen LogP contribution in [0.15, 0.2) is 0 Å². The van der Waals surface area contributed by atoms with E-state index in [2.05, 4.69) is 5.10 Å². The zero-order valence-corrected chi connectivity index (χ0v) is 10.9. The summed E-state index contributed by atoms with van der Waals surface area (Å²) in [4.78, 5) is 13.8. The van der Waals surface area contributed by atoms with Crippen molar-refractivity contribution in [2.45, 2.75) is 25.9 Å². The molecule has 1 aliphatic rings. The number of amides is 1. The predicted molar refractivity (Wildman–Crippen MR) is 64.2 cm³/mol. The molecule has 1 aromatic rings. The molecule has 0 spiro atoms. The van der Waals surface area contributed by atoms with Crippen molar-refractivity contribution < 1.29 is 9.90 Å². The Bertz CT molecular complexity index is 450. The number of aryl methyl sites for hydroxylation is 1. The Balaban J connectivity index is 2.33. The van der Waals surface area contributed by atoms with Gasteiger partial charge in [-0.3, -0.25) is 9.48 Å². The maximum absolute atomic E-state index is 12.2. The molecule has 1 N–H and O–H groups in total. The monoisotopic (exact) mass is 257 g/mol. The molecule has 1 saturated heterocycles. The standard InChI is InChI=1S/C11H16ClN3O2/c1-6(2)9-8(10(12)14(3)13-9)11(17)15-4-7(16)5-15/h6-7,16H,4-5H2,1-3H3. The average Bonchev–Trinajstić information content (AvgIpc) is 2.50. The summed E-state index contributed by atoms with van der Waals surface area (Å²) in [6.45, 7) is 4.70. The molecule has 0 bridgehead atoms. The third-order valence-electron chi connectivity index (χ3n) is 2.91. The Morgan fingerprint density at radius 1 is 1.53 bits per heavy atom. The molecule has 94 valence electrons. The number of likely N-dealkylation sites (tertiary alicyclic amines) is 1. The van der Waals surface area contributed by atoms with Gasteiger partial charge in [0.1, 0.15) is 5.15 Å². The zero-order valence-electron chi connectivity index (χ0n) is 10.1. The number of rotatable bonds is 2. The van der Waals surface area contributed by atoms with Gasteiger partial charge < -0.3 is 10.0 Å². The number of carbonyl (C=O) groups excluding carboxylic acids is 1. The van der Waals surface area contributed by atoms with Crippen LogP contribution in [0, 0.1) is 0 Å². The van der Waals surface area contributed by atoms with Crippen molar-refractivity contribution in [2.24, 2.45) is 7.05 Å². The molecule has 0 saturated carbocycles. The first kappa shape index (κ1) is 12.4. The maximum atomic E-state index is 12.2. The number of aromatic nitrogens is 2. The minimum Gasteiger partial charge on any atom is -0.389 e. The predicted octanol–water partition coefficient (Wildman–Crippen LogP) is 1.01. The fourth-order valence-electron chi connectivity index (χ4n) is 1.90. The molecular formula is C11H16ClN3O2. The average molecular weight is 258 g/mol. The van der Waals surface area contributed by atoms with Gasteiger partial charge >= 0.3 is 0 Å². The lowest BCUT2D eigenvalue weighted by Crippen LogP contribution is -2.53. The van der Waals surface area contributed by atoms with E-state index in [1.165, 1.54) is 4.68 Å². The van der Waals surface area contributed by atoms with Crippen LogP contribution < -0.4 is 0 Å². The second-order valence-corrected chi connectivity index (χ2v) is 5.05. The van der Waals surface area contributed by atoms with E-state index in [0.717, 1.165) is 0 Å². The molecule has 0 aromatic carbocycles. The Morgan fingerprint density at radius 2 is 2.12 bits per heavy atom. The summed E-state index contributed by atoms with van der Waals surface area (Å²) >= 11 is 6.10. The zero-order chi connectivity index (χ0) is 12.7. The summed E-state index contributed by atoms with van der Waals surface area (Å²) in [6.07, 6.45) is -0.406. The molecule has 0 atom stereocenters. The third-order valence-corrected chi connectivity index (χ3v) is 3.35. The van der Waals surface area contributed by atoms with Crippen LogP contribution in [0.4, 0.5) is 0 Å². The van der Waals surface area contributed by atoms with E-state index in [1.54, 1.807) is 11.9 Å². The van der Waals surface area contributed by atoms with Crippen molar-refractivity contribution in [1.29, 1.82) is 0 Å². The van der Waals surface area contributed by atoms with E-state index in [9.17, 15) is 9.90 Å². The molecule has 6 heteroatoms. The van der Waals surface area contributed by atoms with Crippen LogP contribution in [0.3, 0.4) is 0 Å². The summed E-state index contributed by atoms with van der Waals surface area (Å²) in [5, 5.41) is 13.8. The highest BCUT2D eigenvalue weighted by atomic mass is 35.5. The maximum Gasteiger partial charge on any atom is 0.259 e. The molecule has 1 aromatic heterocycles. The summed E-state index contributed by atoms with van der Waals surface area (Å²) in [5.74, 6) is -0.00375. The molecule has 2 heterocycles. The van der Waals surface area contributed by atoms with Crippen molar-refractivity contribution in [3.63, 3.8) is 0 Å². The van der Waals surface area contributed by atoms with Gasteiger partial charge in [-0.2, -0.15) is 5.10 Å². The molecule has 1 aliphatic heterocycles. The Labute approximate surface area is 105 Å². The smallest absolute Gasteiger partial charge is 0.259 e. The molecule has 1 amide bonds. The Hall–Kier alpha value is -1.07. The van der Waals surface area contributed by atoms with Crippen molar-refractivity contribution in [3.8, 4) is 0 Å². The van der Waals surface area contributed by atoms with Crippen molar-refractivity contribution in [3.05, 3.63) is 16.4 Å². The highest BCUT2D eigenvalue weighted by Crippen LogP contribution is 2.27. The molecule has 0 radical (unpaired) electrons. The topological polar surface area (TPSA) is 58.4 Å². The summed E-state index contributed by atoms with van der Waals surface area (Å²) in [6, 6.07) is 0. The van der Waals surface area contributed by atoms with Crippen LogP contribution in [0.2, 0.25) is 5.15 Å². The fourth-order valence-corrected chi connectivity index (χ4v) is 2.12. The summed E-state index contributed by atoms with van der Waals surface area (Å²) in [7, 11) is 1.72. The molecule has 0 unspecified atom stereocenters. The molecule has 0 aliphatic carbocycles. The van der Waals surface area contributed by atoms with Crippen molar-refractivity contribution in [2.75, 3.05) is 13.1 Å². The third kappa shape index (κ3) is 2.05.